The quantitative estimate of drug-likeness (QED) is 0.873. The molecule has 0 radical (unpaired) electrons. The smallest absolute Gasteiger partial charge is 0.119 e. The highest BCUT2D eigenvalue weighted by Crippen LogP contribution is 2.32. The molecule has 0 atom stereocenters. The van der Waals surface area contributed by atoms with Gasteiger partial charge >= 0.3 is 0 Å². The molecule has 0 amide bonds. The number of thiazole rings is 1. The van der Waals surface area contributed by atoms with Crippen LogP contribution in [-0.2, 0) is 6.61 Å². The average Bonchev–Trinajstić information content (AvgIpc) is 2.60. The summed E-state index contributed by atoms with van der Waals surface area (Å²) < 4.78 is 0. The lowest BCUT2D eigenvalue weighted by Gasteiger charge is -2.00. The van der Waals surface area contributed by atoms with Gasteiger partial charge in [0.05, 0.1) is 12.3 Å². The Kier molecular flexibility index (Phi) is 3.05. The van der Waals surface area contributed by atoms with Crippen molar-refractivity contribution in [1.82, 2.24) is 4.98 Å². The molecule has 4 heteroatoms. The molecule has 2 nitrogen and oxygen atoms in total. The number of hydrogen-bond donors (Lipinski definition) is 1. The molecular weight excluding hydrogens is 230 g/mol. The summed E-state index contributed by atoms with van der Waals surface area (Å²) in [5.41, 5.74) is 1.79. The van der Waals surface area contributed by atoms with Gasteiger partial charge in [0.25, 0.3) is 0 Å². The van der Waals surface area contributed by atoms with Crippen molar-refractivity contribution in [3.63, 3.8) is 0 Å². The molecular formula is C11H10ClNOS. The molecule has 0 saturated heterocycles. The second-order valence-corrected chi connectivity index (χ2v) is 4.85. The molecule has 0 aliphatic rings. The fourth-order valence-corrected chi connectivity index (χ4v) is 2.45. The van der Waals surface area contributed by atoms with Crippen molar-refractivity contribution in [3.8, 4) is 11.3 Å². The molecule has 0 fully saturated rings. The summed E-state index contributed by atoms with van der Waals surface area (Å²) in [5.74, 6) is 0. The number of aryl methyl sites for hydroxylation is 1. The van der Waals surface area contributed by atoms with Crippen LogP contribution in [0.4, 0.5) is 0 Å². The SMILES string of the molecule is Cc1sc(CO)nc1-c1ccccc1Cl. The van der Waals surface area contributed by atoms with E-state index in [0.717, 1.165) is 21.1 Å². The molecule has 2 rings (SSSR count). The summed E-state index contributed by atoms with van der Waals surface area (Å²) in [4.78, 5) is 5.42. The number of nitrogens with zero attached hydrogens (tertiary/aromatic N) is 1. The van der Waals surface area contributed by atoms with Crippen molar-refractivity contribution in [2.24, 2.45) is 0 Å². The number of aliphatic hydroxyl groups excluding tert-OH is 1. The fourth-order valence-electron chi connectivity index (χ4n) is 1.42. The van der Waals surface area contributed by atoms with Crippen molar-refractivity contribution in [3.05, 3.63) is 39.2 Å². The molecule has 1 heterocycles. The number of aliphatic hydroxyl groups is 1. The van der Waals surface area contributed by atoms with Gasteiger partial charge in [-0.3, -0.25) is 0 Å². The molecule has 0 unspecified atom stereocenters. The zero-order chi connectivity index (χ0) is 10.8. The topological polar surface area (TPSA) is 33.1 Å². The Hall–Kier alpha value is -0.900. The van der Waals surface area contributed by atoms with Crippen LogP contribution >= 0.6 is 22.9 Å². The number of aromatic nitrogens is 1. The molecule has 0 bridgehead atoms. The Morgan fingerprint density at radius 2 is 2.13 bits per heavy atom. The van der Waals surface area contributed by atoms with E-state index in [1.807, 2.05) is 31.2 Å². The Morgan fingerprint density at radius 3 is 2.73 bits per heavy atom. The van der Waals surface area contributed by atoms with Crippen LogP contribution < -0.4 is 0 Å². The predicted octanol–water partition coefficient (Wildman–Crippen LogP) is 3.26. The largest absolute Gasteiger partial charge is 0.389 e. The third kappa shape index (κ3) is 2.04. The lowest BCUT2D eigenvalue weighted by molar-refractivity contribution is 0.281. The lowest BCUT2D eigenvalue weighted by atomic mass is 10.1. The van der Waals surface area contributed by atoms with Gasteiger partial charge in [0, 0.05) is 15.5 Å². The van der Waals surface area contributed by atoms with Crippen LogP contribution in [0.1, 0.15) is 9.88 Å². The van der Waals surface area contributed by atoms with Crippen molar-refractivity contribution >= 4 is 22.9 Å². The molecule has 1 aromatic carbocycles. The first-order valence-corrected chi connectivity index (χ1v) is 5.74. The monoisotopic (exact) mass is 239 g/mol. The zero-order valence-electron chi connectivity index (χ0n) is 8.20. The lowest BCUT2D eigenvalue weighted by Crippen LogP contribution is -1.84. The van der Waals surface area contributed by atoms with E-state index >= 15 is 0 Å². The third-order valence-electron chi connectivity index (χ3n) is 2.11. The molecule has 0 spiro atoms. The van der Waals surface area contributed by atoms with E-state index in [1.165, 1.54) is 11.3 Å². The number of benzene rings is 1. The van der Waals surface area contributed by atoms with Gasteiger partial charge in [-0.25, -0.2) is 4.98 Å². The summed E-state index contributed by atoms with van der Waals surface area (Å²) in [6, 6.07) is 7.60. The zero-order valence-corrected chi connectivity index (χ0v) is 9.77. The van der Waals surface area contributed by atoms with Crippen LogP contribution in [0.5, 0.6) is 0 Å². The summed E-state index contributed by atoms with van der Waals surface area (Å²) >= 11 is 7.58. The molecule has 1 N–H and O–H groups in total. The van der Waals surface area contributed by atoms with Crippen LogP contribution in [0.3, 0.4) is 0 Å². The second-order valence-electron chi connectivity index (χ2n) is 3.15. The van der Waals surface area contributed by atoms with Gasteiger partial charge in [-0.15, -0.1) is 11.3 Å². The van der Waals surface area contributed by atoms with E-state index in [0.29, 0.717) is 5.02 Å². The second kappa shape index (κ2) is 4.31. The summed E-state index contributed by atoms with van der Waals surface area (Å²) in [6.45, 7) is 1.96. The van der Waals surface area contributed by atoms with E-state index in [1.54, 1.807) is 0 Å². The van der Waals surface area contributed by atoms with Gasteiger partial charge in [0.2, 0.25) is 0 Å². The minimum absolute atomic E-state index is 0.0179. The maximum Gasteiger partial charge on any atom is 0.119 e. The van der Waals surface area contributed by atoms with Gasteiger partial charge in [0.15, 0.2) is 0 Å². The van der Waals surface area contributed by atoms with E-state index in [-0.39, 0.29) is 6.61 Å². The van der Waals surface area contributed by atoms with Gasteiger partial charge in [0.1, 0.15) is 5.01 Å². The highest BCUT2D eigenvalue weighted by Gasteiger charge is 2.11. The van der Waals surface area contributed by atoms with Crippen molar-refractivity contribution in [2.75, 3.05) is 0 Å². The summed E-state index contributed by atoms with van der Waals surface area (Å²) in [5, 5.41) is 10.4. The average molecular weight is 240 g/mol. The third-order valence-corrected chi connectivity index (χ3v) is 3.39. The molecule has 0 aliphatic carbocycles. The van der Waals surface area contributed by atoms with E-state index in [2.05, 4.69) is 4.98 Å². The highest BCUT2D eigenvalue weighted by atomic mass is 35.5. The first-order chi connectivity index (χ1) is 7.22. The first kappa shape index (κ1) is 10.6. The predicted molar refractivity (Wildman–Crippen MR) is 63.2 cm³/mol. The number of halogens is 1. The fraction of sp³-hybridized carbons (Fsp3) is 0.182. The Labute approximate surface area is 97.2 Å². The van der Waals surface area contributed by atoms with Crippen LogP contribution in [0.2, 0.25) is 5.02 Å². The van der Waals surface area contributed by atoms with Crippen LogP contribution in [0.15, 0.2) is 24.3 Å². The summed E-state index contributed by atoms with van der Waals surface area (Å²) in [7, 11) is 0. The van der Waals surface area contributed by atoms with E-state index in [4.69, 9.17) is 16.7 Å². The molecule has 0 aliphatic heterocycles. The Balaban J connectivity index is 2.54. The van der Waals surface area contributed by atoms with Gasteiger partial charge in [-0.05, 0) is 13.0 Å². The van der Waals surface area contributed by atoms with Crippen LogP contribution in [0.25, 0.3) is 11.3 Å². The highest BCUT2D eigenvalue weighted by molar-refractivity contribution is 7.12. The number of hydrogen-bond acceptors (Lipinski definition) is 3. The molecule has 2 aromatic rings. The Morgan fingerprint density at radius 1 is 1.40 bits per heavy atom. The van der Waals surface area contributed by atoms with Gasteiger partial charge < -0.3 is 5.11 Å². The normalized spacial score (nSPS) is 10.6. The van der Waals surface area contributed by atoms with Gasteiger partial charge in [-0.2, -0.15) is 0 Å². The minimum Gasteiger partial charge on any atom is -0.389 e. The molecule has 15 heavy (non-hydrogen) atoms. The maximum absolute atomic E-state index is 9.01. The molecule has 0 saturated carbocycles. The molecule has 78 valence electrons. The van der Waals surface area contributed by atoms with Crippen LogP contribution in [0, 0.1) is 6.92 Å². The molecule has 1 aromatic heterocycles. The standard InChI is InChI=1S/C11H10ClNOS/c1-7-11(13-10(6-14)15-7)8-4-2-3-5-9(8)12/h2-5,14H,6H2,1H3. The van der Waals surface area contributed by atoms with Gasteiger partial charge in [-0.1, -0.05) is 29.8 Å². The van der Waals surface area contributed by atoms with Crippen molar-refractivity contribution in [1.29, 1.82) is 0 Å². The Bertz CT molecular complexity index is 481. The van der Waals surface area contributed by atoms with Crippen molar-refractivity contribution in [2.45, 2.75) is 13.5 Å². The summed E-state index contributed by atoms with van der Waals surface area (Å²) in [6.07, 6.45) is 0. The maximum atomic E-state index is 9.01. The van der Waals surface area contributed by atoms with E-state index < -0.39 is 0 Å². The van der Waals surface area contributed by atoms with Crippen LogP contribution in [-0.4, -0.2) is 10.1 Å². The first-order valence-electron chi connectivity index (χ1n) is 4.54. The van der Waals surface area contributed by atoms with E-state index in [9.17, 15) is 0 Å². The minimum atomic E-state index is -0.0179. The van der Waals surface area contributed by atoms with Crippen molar-refractivity contribution < 1.29 is 5.11 Å². The number of rotatable bonds is 2.